The Kier molecular flexibility index (Phi) is 19.4. The van der Waals surface area contributed by atoms with Gasteiger partial charge < -0.3 is 41.2 Å². The third-order valence-corrected chi connectivity index (χ3v) is 18.2. The molecule has 0 aromatic heterocycles. The van der Waals surface area contributed by atoms with Crippen LogP contribution in [0.1, 0.15) is 19.8 Å². The maximum atomic E-state index is 5.88. The molecule has 144 valence electrons. The smallest absolute Gasteiger partial charge is 0.303 e. The van der Waals surface area contributed by atoms with E-state index in [4.69, 9.17) is 41.2 Å². The molecule has 0 aromatic rings. The van der Waals surface area contributed by atoms with Crippen molar-refractivity contribution in [3.63, 3.8) is 0 Å². The molecule has 0 N–H and O–H groups in total. The van der Waals surface area contributed by atoms with E-state index in [1.54, 1.807) is 0 Å². The van der Waals surface area contributed by atoms with Gasteiger partial charge >= 0.3 is 9.28 Å². The summed E-state index contributed by atoms with van der Waals surface area (Å²) in [4.78, 5) is 0. The lowest BCUT2D eigenvalue weighted by molar-refractivity contribution is 0.339. The van der Waals surface area contributed by atoms with Crippen LogP contribution in [0.5, 0.6) is 0 Å². The number of hydrogen-bond donors (Lipinski definition) is 0. The van der Waals surface area contributed by atoms with E-state index in [1.807, 2.05) is 0 Å². The van der Waals surface area contributed by atoms with Gasteiger partial charge in [-0.3, -0.25) is 0 Å². The van der Waals surface area contributed by atoms with Gasteiger partial charge in [-0.15, -0.1) is 0 Å². The summed E-state index contributed by atoms with van der Waals surface area (Å²) in [5.41, 5.74) is 0. The first-order valence-electron chi connectivity index (χ1n) is 7.78. The van der Waals surface area contributed by atoms with Crippen LogP contribution in [-0.4, -0.2) is 99.3 Å². The van der Waals surface area contributed by atoms with E-state index in [-0.39, 0.29) is 0 Å². The van der Waals surface area contributed by atoms with Crippen LogP contribution in [0.25, 0.3) is 0 Å². The summed E-state index contributed by atoms with van der Waals surface area (Å²) in [5.74, 6) is 0. The van der Waals surface area contributed by atoms with E-state index >= 15 is 0 Å². The second-order valence-electron chi connectivity index (χ2n) is 4.60. The van der Waals surface area contributed by atoms with Crippen LogP contribution in [0.3, 0.4) is 0 Å². The lowest BCUT2D eigenvalue weighted by atomic mass is 10.4. The largest absolute Gasteiger partial charge is 0.425 e. The molecule has 1 heterocycles. The van der Waals surface area contributed by atoms with Crippen molar-refractivity contribution in [2.45, 2.75) is 25.8 Å². The molecule has 0 aliphatic carbocycles. The Morgan fingerprint density at radius 2 is 0.875 bits per heavy atom. The quantitative estimate of drug-likeness (QED) is 0.337. The zero-order chi connectivity index (χ0) is 17.1. The van der Waals surface area contributed by atoms with Crippen LogP contribution < -0.4 is 0 Å². The van der Waals surface area contributed by atoms with Crippen LogP contribution in [0.4, 0.5) is 0 Å². The van der Waals surface area contributed by atoms with Gasteiger partial charge in [0, 0.05) is 0 Å². The molecule has 1 aliphatic rings. The van der Waals surface area contributed by atoms with Crippen molar-refractivity contribution in [2.24, 2.45) is 0 Å². The lowest BCUT2D eigenvalue weighted by Crippen LogP contribution is -2.30. The summed E-state index contributed by atoms with van der Waals surface area (Å²) in [6, 6.07) is 1.01. The summed E-state index contributed by atoms with van der Waals surface area (Å²) in [5, 5.41) is 0. The van der Waals surface area contributed by atoms with Crippen LogP contribution in [0, 0.1) is 0 Å². The monoisotopic (exact) mass is 516 g/mol. The fourth-order valence-electron chi connectivity index (χ4n) is 1.52. The predicted octanol–water partition coefficient (Wildman–Crippen LogP) is -7.82. The van der Waals surface area contributed by atoms with E-state index in [1.165, 1.54) is 0 Å². The van der Waals surface area contributed by atoms with Crippen LogP contribution >= 0.6 is 0 Å². The van der Waals surface area contributed by atoms with Crippen molar-refractivity contribution in [3.8, 4) is 0 Å². The molecule has 0 aromatic carbocycles. The molecular weight excluding hydrogens is 489 g/mol. The molecule has 24 heavy (non-hydrogen) atoms. The van der Waals surface area contributed by atoms with E-state index < -0.39 is 99.3 Å². The molecule has 1 rings (SSSR count). The maximum Gasteiger partial charge on any atom is 0.303 e. The number of hydrogen-bond acceptors (Lipinski definition) is 10. The standard InChI is InChI=1S/C4H28O10Si10/c1-2-3-4-24-13-22-11-20-9-18-7-16-5-15-6-17-8-19-10-21-12-23-14-24/h24H,2-4,15-23H2,1H3. The average Bonchev–Trinajstić information content (AvgIpc) is 2.59. The topological polar surface area (TPSA) is 92.3 Å². The lowest BCUT2D eigenvalue weighted by Gasteiger charge is -2.17. The van der Waals surface area contributed by atoms with Gasteiger partial charge in [0.2, 0.25) is 0 Å². The molecule has 20 heteroatoms. The van der Waals surface area contributed by atoms with E-state index in [2.05, 4.69) is 6.92 Å². The minimum Gasteiger partial charge on any atom is -0.425 e. The summed E-state index contributed by atoms with van der Waals surface area (Å²) in [6.45, 7) is 2.17. The molecular formula is C4H28O10Si10. The van der Waals surface area contributed by atoms with E-state index in [9.17, 15) is 0 Å². The molecule has 0 atom stereocenters. The third kappa shape index (κ3) is 16.0. The first-order chi connectivity index (χ1) is 11.9. The Balaban J connectivity index is 2.20. The maximum absolute atomic E-state index is 5.88. The van der Waals surface area contributed by atoms with Crippen LogP contribution in [0.15, 0.2) is 0 Å². The zero-order valence-electron chi connectivity index (χ0n) is 14.1. The van der Waals surface area contributed by atoms with Crippen molar-refractivity contribution < 1.29 is 41.2 Å². The third-order valence-electron chi connectivity index (χ3n) is 2.63. The first kappa shape index (κ1) is 23.8. The molecule has 0 unspecified atom stereocenters. The molecule has 0 amide bonds. The van der Waals surface area contributed by atoms with Gasteiger partial charge in [-0.2, -0.15) is 0 Å². The second kappa shape index (κ2) is 19.5. The highest BCUT2D eigenvalue weighted by Gasteiger charge is 2.13. The van der Waals surface area contributed by atoms with Crippen molar-refractivity contribution in [1.82, 2.24) is 0 Å². The second-order valence-corrected chi connectivity index (χ2v) is 23.9. The van der Waals surface area contributed by atoms with Crippen molar-refractivity contribution in [2.75, 3.05) is 0 Å². The van der Waals surface area contributed by atoms with Crippen molar-refractivity contribution >= 4 is 99.3 Å². The number of rotatable bonds is 3. The zero-order valence-corrected chi connectivity index (χ0v) is 28.0. The highest BCUT2D eigenvalue weighted by Crippen LogP contribution is 2.03. The van der Waals surface area contributed by atoms with Gasteiger partial charge in [-0.25, -0.2) is 0 Å². The molecule has 0 bridgehead atoms. The summed E-state index contributed by atoms with van der Waals surface area (Å²) >= 11 is 0. The van der Waals surface area contributed by atoms with Crippen LogP contribution in [0.2, 0.25) is 6.04 Å². The fraction of sp³-hybridized carbons (Fsp3) is 1.00. The van der Waals surface area contributed by atoms with Gasteiger partial charge in [0.25, 0.3) is 90.1 Å². The fourth-order valence-corrected chi connectivity index (χ4v) is 21.5. The van der Waals surface area contributed by atoms with Gasteiger partial charge in [0.05, 0.1) is 0 Å². The molecule has 1 aliphatic heterocycles. The van der Waals surface area contributed by atoms with Gasteiger partial charge in [-0.05, 0) is 6.04 Å². The molecule has 0 radical (unpaired) electrons. The Morgan fingerprint density at radius 1 is 0.542 bits per heavy atom. The molecule has 0 saturated carbocycles. The van der Waals surface area contributed by atoms with E-state index in [0.29, 0.717) is 0 Å². The van der Waals surface area contributed by atoms with Crippen LogP contribution in [-0.2, 0) is 41.2 Å². The first-order valence-corrected chi connectivity index (χ1v) is 19.9. The number of unbranched alkanes of at least 4 members (excludes halogenated alkanes) is 1. The van der Waals surface area contributed by atoms with Gasteiger partial charge in [0.15, 0.2) is 0 Å². The summed E-state index contributed by atoms with van der Waals surface area (Å²) in [6.07, 6.45) is 2.27. The Morgan fingerprint density at radius 3 is 1.21 bits per heavy atom. The average molecular weight is 517 g/mol. The molecule has 0 spiro atoms. The van der Waals surface area contributed by atoms with E-state index in [0.717, 1.165) is 18.9 Å². The molecule has 1 fully saturated rings. The highest BCUT2D eigenvalue weighted by atomic mass is 28.4. The summed E-state index contributed by atoms with van der Waals surface area (Å²) in [7, 11) is -10.3. The minimum atomic E-state index is -1.63. The summed E-state index contributed by atoms with van der Waals surface area (Å²) < 4.78 is 55.6. The highest BCUT2D eigenvalue weighted by molar-refractivity contribution is 6.58. The predicted molar refractivity (Wildman–Crippen MR) is 115 cm³/mol. The van der Waals surface area contributed by atoms with Crippen molar-refractivity contribution in [1.29, 1.82) is 0 Å². The van der Waals surface area contributed by atoms with Gasteiger partial charge in [0.1, 0.15) is 0 Å². The SMILES string of the molecule is CCCC[SiH]1O[SiH2]O[SiH2]O[SiH2]O[SiH2]O[SiH2]O[SiH2]O[SiH2]O[SiH2]O[SiH2]O1. The molecule has 1 saturated heterocycles. The Bertz CT molecular complexity index is 248. The Labute approximate surface area is 166 Å². The normalized spacial score (nSPS) is 34.1. The van der Waals surface area contributed by atoms with Crippen molar-refractivity contribution in [3.05, 3.63) is 0 Å². The molecule has 10 nitrogen and oxygen atoms in total. The minimum absolute atomic E-state index is 0.939. The Hall–Kier alpha value is 1.77. The van der Waals surface area contributed by atoms with Gasteiger partial charge in [-0.1, -0.05) is 19.8 Å².